The highest BCUT2D eigenvalue weighted by Crippen LogP contribution is 2.17. The van der Waals surface area contributed by atoms with Crippen LogP contribution in [0.3, 0.4) is 0 Å². The van der Waals surface area contributed by atoms with Gasteiger partial charge < -0.3 is 10.1 Å². The third-order valence-corrected chi connectivity index (χ3v) is 2.72. The standard InChI is InChI=1S/C14H22FNO/c1-3-14(16-9-6-10-17-4-2)12-7-5-8-13(15)11-12/h5,7-8,11,14,16H,3-4,6,9-10H2,1-2H3. The van der Waals surface area contributed by atoms with Gasteiger partial charge in [0.1, 0.15) is 5.82 Å². The molecule has 17 heavy (non-hydrogen) atoms. The molecule has 0 amide bonds. The second-order valence-electron chi connectivity index (χ2n) is 4.02. The van der Waals surface area contributed by atoms with E-state index >= 15 is 0 Å². The van der Waals surface area contributed by atoms with Gasteiger partial charge in [-0.15, -0.1) is 0 Å². The molecule has 0 radical (unpaired) electrons. The summed E-state index contributed by atoms with van der Waals surface area (Å²) in [4.78, 5) is 0. The predicted octanol–water partition coefficient (Wildman–Crippen LogP) is 3.29. The van der Waals surface area contributed by atoms with E-state index in [0.717, 1.165) is 38.2 Å². The van der Waals surface area contributed by atoms with Gasteiger partial charge in [0.15, 0.2) is 0 Å². The summed E-state index contributed by atoms with van der Waals surface area (Å²) >= 11 is 0. The van der Waals surface area contributed by atoms with Crippen LogP contribution in [-0.2, 0) is 4.74 Å². The molecule has 0 fully saturated rings. The van der Waals surface area contributed by atoms with E-state index in [1.54, 1.807) is 12.1 Å². The van der Waals surface area contributed by atoms with Gasteiger partial charge in [-0.3, -0.25) is 0 Å². The van der Waals surface area contributed by atoms with E-state index in [0.29, 0.717) is 0 Å². The molecule has 96 valence electrons. The van der Waals surface area contributed by atoms with Crippen LogP contribution in [0.2, 0.25) is 0 Å². The largest absolute Gasteiger partial charge is 0.382 e. The minimum absolute atomic E-state index is 0.169. The maximum absolute atomic E-state index is 13.1. The lowest BCUT2D eigenvalue weighted by molar-refractivity contribution is 0.144. The second-order valence-corrected chi connectivity index (χ2v) is 4.02. The van der Waals surface area contributed by atoms with Gasteiger partial charge in [0, 0.05) is 19.3 Å². The lowest BCUT2D eigenvalue weighted by atomic mass is 10.0. The van der Waals surface area contributed by atoms with Crippen LogP contribution in [-0.4, -0.2) is 19.8 Å². The Kier molecular flexibility index (Phi) is 6.82. The van der Waals surface area contributed by atoms with E-state index in [1.165, 1.54) is 6.07 Å². The number of halogens is 1. The quantitative estimate of drug-likeness (QED) is 0.703. The zero-order chi connectivity index (χ0) is 12.5. The Labute approximate surface area is 103 Å². The molecular formula is C14H22FNO. The topological polar surface area (TPSA) is 21.3 Å². The van der Waals surface area contributed by atoms with Crippen LogP contribution >= 0.6 is 0 Å². The van der Waals surface area contributed by atoms with Crippen molar-refractivity contribution < 1.29 is 9.13 Å². The summed E-state index contributed by atoms with van der Waals surface area (Å²) in [5, 5.41) is 3.43. The van der Waals surface area contributed by atoms with E-state index in [2.05, 4.69) is 12.2 Å². The van der Waals surface area contributed by atoms with Gasteiger partial charge in [0.05, 0.1) is 0 Å². The monoisotopic (exact) mass is 239 g/mol. The number of nitrogens with one attached hydrogen (secondary N) is 1. The number of hydrogen-bond donors (Lipinski definition) is 1. The van der Waals surface area contributed by atoms with Crippen molar-refractivity contribution in [3.05, 3.63) is 35.6 Å². The van der Waals surface area contributed by atoms with Crippen LogP contribution in [0.4, 0.5) is 4.39 Å². The maximum atomic E-state index is 13.1. The van der Waals surface area contributed by atoms with Crippen molar-refractivity contribution in [2.45, 2.75) is 32.7 Å². The number of hydrogen-bond acceptors (Lipinski definition) is 2. The SMILES string of the molecule is CCOCCCNC(CC)c1cccc(F)c1. The molecule has 1 atom stereocenters. The molecule has 0 spiro atoms. The third kappa shape index (κ3) is 5.29. The summed E-state index contributed by atoms with van der Waals surface area (Å²) in [6, 6.07) is 7.03. The first kappa shape index (κ1) is 14.1. The molecule has 0 aliphatic carbocycles. The molecule has 0 saturated heterocycles. The van der Waals surface area contributed by atoms with Crippen molar-refractivity contribution in [1.82, 2.24) is 5.32 Å². The van der Waals surface area contributed by atoms with Crippen LogP contribution in [0.1, 0.15) is 38.3 Å². The van der Waals surface area contributed by atoms with Gasteiger partial charge in [0.2, 0.25) is 0 Å². The Balaban J connectivity index is 2.38. The lowest BCUT2D eigenvalue weighted by Crippen LogP contribution is -2.23. The molecule has 0 aromatic heterocycles. The maximum Gasteiger partial charge on any atom is 0.123 e. The zero-order valence-corrected chi connectivity index (χ0v) is 10.7. The molecule has 0 aliphatic rings. The Morgan fingerprint density at radius 2 is 2.18 bits per heavy atom. The minimum Gasteiger partial charge on any atom is -0.382 e. The Hall–Kier alpha value is -0.930. The van der Waals surface area contributed by atoms with Crippen LogP contribution in [0, 0.1) is 5.82 Å². The highest BCUT2D eigenvalue weighted by molar-refractivity contribution is 5.19. The Morgan fingerprint density at radius 1 is 1.35 bits per heavy atom. The van der Waals surface area contributed by atoms with Crippen LogP contribution < -0.4 is 5.32 Å². The molecule has 1 N–H and O–H groups in total. The van der Waals surface area contributed by atoms with Gasteiger partial charge in [-0.25, -0.2) is 4.39 Å². The van der Waals surface area contributed by atoms with E-state index in [9.17, 15) is 4.39 Å². The highest BCUT2D eigenvalue weighted by Gasteiger charge is 2.08. The summed E-state index contributed by atoms with van der Waals surface area (Å²) in [6.45, 7) is 6.54. The van der Waals surface area contributed by atoms with Gasteiger partial charge in [-0.05, 0) is 44.0 Å². The fourth-order valence-corrected chi connectivity index (χ4v) is 1.82. The van der Waals surface area contributed by atoms with Gasteiger partial charge in [-0.1, -0.05) is 19.1 Å². The zero-order valence-electron chi connectivity index (χ0n) is 10.7. The van der Waals surface area contributed by atoms with E-state index in [-0.39, 0.29) is 11.9 Å². The first-order valence-corrected chi connectivity index (χ1v) is 6.34. The van der Waals surface area contributed by atoms with Crippen molar-refractivity contribution in [3.8, 4) is 0 Å². The minimum atomic E-state index is -0.169. The van der Waals surface area contributed by atoms with Crippen molar-refractivity contribution >= 4 is 0 Å². The molecule has 1 aromatic rings. The van der Waals surface area contributed by atoms with Crippen LogP contribution in [0.15, 0.2) is 24.3 Å². The van der Waals surface area contributed by atoms with Crippen molar-refractivity contribution in [2.24, 2.45) is 0 Å². The van der Waals surface area contributed by atoms with Crippen molar-refractivity contribution in [2.75, 3.05) is 19.8 Å². The number of rotatable bonds is 8. The average Bonchev–Trinajstić information content (AvgIpc) is 2.34. The van der Waals surface area contributed by atoms with Gasteiger partial charge in [-0.2, -0.15) is 0 Å². The van der Waals surface area contributed by atoms with Gasteiger partial charge >= 0.3 is 0 Å². The van der Waals surface area contributed by atoms with E-state index in [4.69, 9.17) is 4.74 Å². The number of ether oxygens (including phenoxy) is 1. The number of benzene rings is 1. The predicted molar refractivity (Wildman–Crippen MR) is 68.5 cm³/mol. The first-order chi connectivity index (χ1) is 8.27. The molecule has 2 nitrogen and oxygen atoms in total. The van der Waals surface area contributed by atoms with Crippen LogP contribution in [0.25, 0.3) is 0 Å². The normalized spacial score (nSPS) is 12.6. The summed E-state index contributed by atoms with van der Waals surface area (Å²) < 4.78 is 18.4. The molecule has 1 aromatic carbocycles. The molecule has 0 bridgehead atoms. The second kappa shape index (κ2) is 8.20. The molecule has 1 rings (SSSR count). The molecule has 0 heterocycles. The summed E-state index contributed by atoms with van der Waals surface area (Å²) in [6.07, 6.45) is 1.94. The Bertz CT molecular complexity index is 317. The smallest absolute Gasteiger partial charge is 0.123 e. The fourth-order valence-electron chi connectivity index (χ4n) is 1.82. The van der Waals surface area contributed by atoms with E-state index in [1.807, 2.05) is 13.0 Å². The summed E-state index contributed by atoms with van der Waals surface area (Å²) in [5.41, 5.74) is 1.02. The average molecular weight is 239 g/mol. The summed E-state index contributed by atoms with van der Waals surface area (Å²) in [7, 11) is 0. The van der Waals surface area contributed by atoms with Crippen molar-refractivity contribution in [3.63, 3.8) is 0 Å². The van der Waals surface area contributed by atoms with Crippen molar-refractivity contribution in [1.29, 1.82) is 0 Å². The molecule has 0 saturated carbocycles. The van der Waals surface area contributed by atoms with Gasteiger partial charge in [0.25, 0.3) is 0 Å². The highest BCUT2D eigenvalue weighted by atomic mass is 19.1. The third-order valence-electron chi connectivity index (χ3n) is 2.72. The molecule has 0 aliphatic heterocycles. The van der Waals surface area contributed by atoms with Crippen LogP contribution in [0.5, 0.6) is 0 Å². The molecular weight excluding hydrogens is 217 g/mol. The van der Waals surface area contributed by atoms with E-state index < -0.39 is 0 Å². The Morgan fingerprint density at radius 3 is 2.82 bits per heavy atom. The lowest BCUT2D eigenvalue weighted by Gasteiger charge is -2.17. The molecule has 3 heteroatoms. The molecule has 1 unspecified atom stereocenters. The summed E-state index contributed by atoms with van der Waals surface area (Å²) in [5.74, 6) is -0.169. The first-order valence-electron chi connectivity index (χ1n) is 6.34. The fraction of sp³-hybridized carbons (Fsp3) is 0.571.